The number of hydrogen-bond acceptors (Lipinski definition) is 4. The van der Waals surface area contributed by atoms with Crippen molar-refractivity contribution >= 4 is 28.2 Å². The number of carbonyl (C=O) groups is 2. The summed E-state index contributed by atoms with van der Waals surface area (Å²) in [7, 11) is 0. The topological polar surface area (TPSA) is 62.6 Å². The Labute approximate surface area is 165 Å². The predicted molar refractivity (Wildman–Crippen MR) is 105 cm³/mol. The first kappa shape index (κ1) is 18.4. The lowest BCUT2D eigenvalue weighted by Crippen LogP contribution is -2.32. The standard InChI is InChI=1S/C21H19FN2O3S/c1-13-11-18(23-20(25)17-7-4-10-27-17)28-19(13)21(26)24(15-8-9-15)12-14-5-2-3-6-16(14)22/h2-7,10-11,15H,8-9,12H2,1H3,(H,23,25). The van der Waals surface area contributed by atoms with Crippen LogP contribution in [0, 0.1) is 12.7 Å². The summed E-state index contributed by atoms with van der Waals surface area (Å²) in [4.78, 5) is 27.6. The molecule has 1 aromatic carbocycles. The third-order valence-electron chi connectivity index (χ3n) is 4.64. The summed E-state index contributed by atoms with van der Waals surface area (Å²) in [6, 6.07) is 11.6. The normalized spacial score (nSPS) is 13.4. The van der Waals surface area contributed by atoms with E-state index in [4.69, 9.17) is 4.42 Å². The Morgan fingerprint density at radius 3 is 2.71 bits per heavy atom. The summed E-state index contributed by atoms with van der Waals surface area (Å²) in [6.45, 7) is 2.07. The van der Waals surface area contributed by atoms with Crippen LogP contribution in [0.15, 0.2) is 53.1 Å². The molecule has 0 spiro atoms. The molecule has 2 amide bonds. The molecule has 1 N–H and O–H groups in total. The van der Waals surface area contributed by atoms with Crippen molar-refractivity contribution < 1.29 is 18.4 Å². The fraction of sp³-hybridized carbons (Fsp3) is 0.238. The maximum absolute atomic E-state index is 14.1. The molecule has 2 aromatic heterocycles. The van der Waals surface area contributed by atoms with Crippen LogP contribution in [0.25, 0.3) is 0 Å². The monoisotopic (exact) mass is 398 g/mol. The van der Waals surface area contributed by atoms with Gasteiger partial charge in [-0.2, -0.15) is 0 Å². The second-order valence-corrected chi connectivity index (χ2v) is 7.86. The number of halogens is 1. The minimum Gasteiger partial charge on any atom is -0.459 e. The lowest BCUT2D eigenvalue weighted by atomic mass is 10.2. The van der Waals surface area contributed by atoms with Crippen molar-refractivity contribution in [2.75, 3.05) is 5.32 Å². The smallest absolute Gasteiger partial charge is 0.291 e. The van der Waals surface area contributed by atoms with Crippen molar-refractivity contribution in [2.45, 2.75) is 32.4 Å². The van der Waals surface area contributed by atoms with Gasteiger partial charge in [-0.15, -0.1) is 11.3 Å². The van der Waals surface area contributed by atoms with Gasteiger partial charge >= 0.3 is 0 Å². The third kappa shape index (κ3) is 3.84. The number of aryl methyl sites for hydroxylation is 1. The van der Waals surface area contributed by atoms with Crippen molar-refractivity contribution in [3.63, 3.8) is 0 Å². The number of anilines is 1. The van der Waals surface area contributed by atoms with Crippen LogP contribution in [0.4, 0.5) is 9.39 Å². The highest BCUT2D eigenvalue weighted by molar-refractivity contribution is 7.18. The number of hydrogen-bond donors (Lipinski definition) is 1. The second kappa shape index (κ2) is 7.59. The van der Waals surface area contributed by atoms with Gasteiger partial charge in [0.25, 0.3) is 11.8 Å². The molecule has 0 bridgehead atoms. The Bertz CT molecular complexity index is 1010. The van der Waals surface area contributed by atoms with Crippen LogP contribution in [0.5, 0.6) is 0 Å². The third-order valence-corrected chi connectivity index (χ3v) is 5.78. The number of furan rings is 1. The van der Waals surface area contributed by atoms with E-state index in [-0.39, 0.29) is 36.0 Å². The van der Waals surface area contributed by atoms with Crippen molar-refractivity contribution in [1.82, 2.24) is 4.90 Å². The number of benzene rings is 1. The largest absolute Gasteiger partial charge is 0.459 e. The van der Waals surface area contributed by atoms with E-state index >= 15 is 0 Å². The van der Waals surface area contributed by atoms with Crippen molar-refractivity contribution in [3.05, 3.63) is 76.3 Å². The number of rotatable bonds is 6. The van der Waals surface area contributed by atoms with Crippen LogP contribution < -0.4 is 5.32 Å². The summed E-state index contributed by atoms with van der Waals surface area (Å²) in [5.74, 6) is -0.601. The molecule has 0 radical (unpaired) electrons. The summed E-state index contributed by atoms with van der Waals surface area (Å²) in [5.41, 5.74) is 1.28. The summed E-state index contributed by atoms with van der Waals surface area (Å²) >= 11 is 1.22. The van der Waals surface area contributed by atoms with Crippen LogP contribution in [0.3, 0.4) is 0 Å². The van der Waals surface area contributed by atoms with Crippen LogP contribution in [-0.4, -0.2) is 22.8 Å². The highest BCUT2D eigenvalue weighted by atomic mass is 32.1. The van der Waals surface area contributed by atoms with Gasteiger partial charge in [-0.3, -0.25) is 9.59 Å². The molecule has 1 saturated carbocycles. The number of nitrogens with zero attached hydrogens (tertiary/aromatic N) is 1. The van der Waals surface area contributed by atoms with E-state index in [1.165, 1.54) is 23.7 Å². The molecule has 1 aliphatic rings. The van der Waals surface area contributed by atoms with Crippen LogP contribution in [0.2, 0.25) is 0 Å². The van der Waals surface area contributed by atoms with E-state index in [0.29, 0.717) is 15.4 Å². The zero-order chi connectivity index (χ0) is 19.7. The first-order chi connectivity index (χ1) is 13.5. The van der Waals surface area contributed by atoms with E-state index in [0.717, 1.165) is 18.4 Å². The Hall–Kier alpha value is -2.93. The Kier molecular flexibility index (Phi) is 5.00. The number of thiophene rings is 1. The highest BCUT2D eigenvalue weighted by Crippen LogP contribution is 2.34. The number of amides is 2. The van der Waals surface area contributed by atoms with Gasteiger partial charge in [-0.25, -0.2) is 4.39 Å². The van der Waals surface area contributed by atoms with Crippen molar-refractivity contribution in [1.29, 1.82) is 0 Å². The van der Waals surface area contributed by atoms with Gasteiger partial charge in [-0.1, -0.05) is 18.2 Å². The Balaban J connectivity index is 1.53. The molecule has 0 saturated heterocycles. The van der Waals surface area contributed by atoms with E-state index in [1.807, 2.05) is 6.92 Å². The van der Waals surface area contributed by atoms with Crippen molar-refractivity contribution in [2.24, 2.45) is 0 Å². The van der Waals surface area contributed by atoms with Gasteiger partial charge < -0.3 is 14.6 Å². The molecule has 1 fully saturated rings. The molecule has 0 unspecified atom stereocenters. The SMILES string of the molecule is Cc1cc(NC(=O)c2ccco2)sc1C(=O)N(Cc1ccccc1F)C1CC1. The summed E-state index contributed by atoms with van der Waals surface area (Å²) < 4.78 is 19.2. The summed E-state index contributed by atoms with van der Waals surface area (Å²) in [5, 5.41) is 3.33. The maximum Gasteiger partial charge on any atom is 0.291 e. The fourth-order valence-corrected chi connectivity index (χ4v) is 4.05. The van der Waals surface area contributed by atoms with E-state index in [9.17, 15) is 14.0 Å². The first-order valence-electron chi connectivity index (χ1n) is 9.02. The molecule has 28 heavy (non-hydrogen) atoms. The Morgan fingerprint density at radius 1 is 1.25 bits per heavy atom. The predicted octanol–water partition coefficient (Wildman–Crippen LogP) is 4.85. The fourth-order valence-electron chi connectivity index (χ4n) is 3.03. The molecule has 2 heterocycles. The first-order valence-corrected chi connectivity index (χ1v) is 9.84. The minimum absolute atomic E-state index is 0.133. The molecule has 144 valence electrons. The molecule has 0 aliphatic heterocycles. The molecule has 0 atom stereocenters. The second-order valence-electron chi connectivity index (χ2n) is 6.81. The van der Waals surface area contributed by atoms with Gasteiger partial charge in [0.1, 0.15) is 5.82 Å². The van der Waals surface area contributed by atoms with Crippen LogP contribution >= 0.6 is 11.3 Å². The maximum atomic E-state index is 14.1. The van der Waals surface area contributed by atoms with Gasteiger partial charge in [0, 0.05) is 18.2 Å². The number of nitrogens with one attached hydrogen (secondary N) is 1. The van der Waals surface area contributed by atoms with Gasteiger partial charge in [-0.05, 0) is 49.6 Å². The van der Waals surface area contributed by atoms with E-state index < -0.39 is 0 Å². The van der Waals surface area contributed by atoms with Gasteiger partial charge in [0.05, 0.1) is 16.1 Å². The van der Waals surface area contributed by atoms with Crippen molar-refractivity contribution in [3.8, 4) is 0 Å². The number of carbonyl (C=O) groups excluding carboxylic acids is 2. The van der Waals surface area contributed by atoms with Crippen LogP contribution in [-0.2, 0) is 6.54 Å². The Morgan fingerprint density at radius 2 is 2.04 bits per heavy atom. The minimum atomic E-state index is -0.365. The molecular formula is C21H19FN2O3S. The molecule has 1 aliphatic carbocycles. The zero-order valence-electron chi connectivity index (χ0n) is 15.3. The molecular weight excluding hydrogens is 379 g/mol. The molecule has 7 heteroatoms. The average molecular weight is 398 g/mol. The summed E-state index contributed by atoms with van der Waals surface area (Å²) in [6.07, 6.45) is 3.28. The lowest BCUT2D eigenvalue weighted by Gasteiger charge is -2.22. The molecule has 5 nitrogen and oxygen atoms in total. The molecule has 4 rings (SSSR count). The van der Waals surface area contributed by atoms with E-state index in [2.05, 4.69) is 5.32 Å². The molecule has 3 aromatic rings. The lowest BCUT2D eigenvalue weighted by molar-refractivity contribution is 0.0732. The van der Waals surface area contributed by atoms with Crippen LogP contribution in [0.1, 0.15) is 44.2 Å². The zero-order valence-corrected chi connectivity index (χ0v) is 16.1. The quantitative estimate of drug-likeness (QED) is 0.646. The van der Waals surface area contributed by atoms with E-state index in [1.54, 1.807) is 41.3 Å². The highest BCUT2D eigenvalue weighted by Gasteiger charge is 2.34. The van der Waals surface area contributed by atoms with Gasteiger partial charge in [0.15, 0.2) is 5.76 Å². The average Bonchev–Trinajstić information content (AvgIpc) is 3.22. The van der Waals surface area contributed by atoms with Gasteiger partial charge in [0.2, 0.25) is 0 Å².